The molecule has 0 aromatic carbocycles. The van der Waals surface area contributed by atoms with Crippen LogP contribution in [0.2, 0.25) is 0 Å². The van der Waals surface area contributed by atoms with Gasteiger partial charge in [0.1, 0.15) is 0 Å². The Morgan fingerprint density at radius 2 is 1.96 bits per heavy atom. The van der Waals surface area contributed by atoms with Crippen molar-refractivity contribution >= 4 is 21.7 Å². The molecule has 2 aliphatic rings. The lowest BCUT2D eigenvalue weighted by Gasteiger charge is -2.36. The Bertz CT molecular complexity index is 729. The first-order valence-electron chi connectivity index (χ1n) is 9.68. The predicted molar refractivity (Wildman–Crippen MR) is 108 cm³/mol. The second kappa shape index (κ2) is 8.86. The fourth-order valence-electron chi connectivity index (χ4n) is 3.38. The van der Waals surface area contributed by atoms with Crippen LogP contribution >= 0.6 is 0 Å². The van der Waals surface area contributed by atoms with E-state index in [0.717, 1.165) is 51.1 Å². The Hall–Kier alpha value is -1.90. The van der Waals surface area contributed by atoms with E-state index in [0.29, 0.717) is 18.2 Å². The van der Waals surface area contributed by atoms with Gasteiger partial charge in [0.25, 0.3) is 0 Å². The number of aliphatic imine (C=N–C) groups is 1. The van der Waals surface area contributed by atoms with Crippen molar-refractivity contribution in [1.29, 1.82) is 0 Å². The summed E-state index contributed by atoms with van der Waals surface area (Å²) >= 11 is 0. The zero-order valence-corrected chi connectivity index (χ0v) is 17.0. The Morgan fingerprint density at radius 1 is 1.26 bits per heavy atom. The van der Waals surface area contributed by atoms with Gasteiger partial charge in [-0.3, -0.25) is 4.99 Å². The third-order valence-electron chi connectivity index (χ3n) is 4.90. The summed E-state index contributed by atoms with van der Waals surface area (Å²) in [5.41, 5.74) is 0. The molecule has 1 unspecified atom stereocenters. The molecule has 1 N–H and O–H groups in total. The van der Waals surface area contributed by atoms with Crippen LogP contribution in [0, 0.1) is 11.8 Å². The maximum atomic E-state index is 11.7. The molecule has 2 fully saturated rings. The standard InChI is InChI=1S/C18H30N6O2S/c1-15(2)12-21-18(22-13-16-4-11-27(25,26)14-16)24-9-7-23(8-10-24)17-19-5-3-6-20-17/h3,5-6,15-16H,4,7-14H2,1-2H3,(H,21,22). The van der Waals surface area contributed by atoms with Crippen molar-refractivity contribution in [1.82, 2.24) is 20.2 Å². The fraction of sp³-hybridized carbons (Fsp3) is 0.722. The van der Waals surface area contributed by atoms with Crippen molar-refractivity contribution in [2.24, 2.45) is 16.8 Å². The van der Waals surface area contributed by atoms with E-state index in [-0.39, 0.29) is 11.7 Å². The van der Waals surface area contributed by atoms with Gasteiger partial charge < -0.3 is 15.1 Å². The van der Waals surface area contributed by atoms with Gasteiger partial charge in [0, 0.05) is 51.7 Å². The molecule has 2 aliphatic heterocycles. The Labute approximate surface area is 162 Å². The van der Waals surface area contributed by atoms with Crippen LogP contribution < -0.4 is 10.2 Å². The number of hydrogen-bond acceptors (Lipinski definition) is 6. The molecule has 27 heavy (non-hydrogen) atoms. The molecule has 0 saturated carbocycles. The summed E-state index contributed by atoms with van der Waals surface area (Å²) in [4.78, 5) is 17.9. The van der Waals surface area contributed by atoms with Gasteiger partial charge in [0.15, 0.2) is 15.8 Å². The van der Waals surface area contributed by atoms with Gasteiger partial charge in [-0.05, 0) is 24.3 Å². The monoisotopic (exact) mass is 394 g/mol. The molecule has 1 atom stereocenters. The number of anilines is 1. The van der Waals surface area contributed by atoms with E-state index >= 15 is 0 Å². The number of rotatable bonds is 5. The van der Waals surface area contributed by atoms with E-state index in [2.05, 4.69) is 38.9 Å². The SMILES string of the molecule is CC(C)CN=C(NCC1CCS(=O)(=O)C1)N1CCN(c2ncccn2)CC1. The third-order valence-corrected chi connectivity index (χ3v) is 6.73. The first kappa shape index (κ1) is 19.9. The topological polar surface area (TPSA) is 90.8 Å². The molecule has 0 spiro atoms. The summed E-state index contributed by atoms with van der Waals surface area (Å²) < 4.78 is 23.4. The fourth-order valence-corrected chi connectivity index (χ4v) is 5.24. The molecule has 150 valence electrons. The lowest BCUT2D eigenvalue weighted by molar-refractivity contribution is 0.365. The lowest BCUT2D eigenvalue weighted by Crippen LogP contribution is -2.53. The number of aromatic nitrogens is 2. The highest BCUT2D eigenvalue weighted by Gasteiger charge is 2.28. The van der Waals surface area contributed by atoms with Crippen LogP contribution in [0.3, 0.4) is 0 Å². The zero-order valence-electron chi connectivity index (χ0n) is 16.2. The van der Waals surface area contributed by atoms with E-state index < -0.39 is 9.84 Å². The minimum atomic E-state index is -2.85. The van der Waals surface area contributed by atoms with E-state index in [1.54, 1.807) is 12.4 Å². The van der Waals surface area contributed by atoms with Gasteiger partial charge in [-0.1, -0.05) is 13.8 Å². The first-order valence-corrected chi connectivity index (χ1v) is 11.5. The molecule has 1 aromatic rings. The average Bonchev–Trinajstić information content (AvgIpc) is 3.01. The van der Waals surface area contributed by atoms with Crippen molar-refractivity contribution in [2.75, 3.05) is 55.7 Å². The average molecular weight is 395 g/mol. The van der Waals surface area contributed by atoms with Crippen LogP contribution in [0.4, 0.5) is 5.95 Å². The van der Waals surface area contributed by atoms with Gasteiger partial charge >= 0.3 is 0 Å². The molecule has 1 aromatic heterocycles. The van der Waals surface area contributed by atoms with Gasteiger partial charge in [-0.15, -0.1) is 0 Å². The molecule has 2 saturated heterocycles. The third kappa shape index (κ3) is 5.79. The maximum absolute atomic E-state index is 11.7. The number of sulfone groups is 1. The van der Waals surface area contributed by atoms with Crippen molar-refractivity contribution < 1.29 is 8.42 Å². The molecule has 0 aliphatic carbocycles. The van der Waals surface area contributed by atoms with E-state index in [1.165, 1.54) is 0 Å². The minimum Gasteiger partial charge on any atom is -0.356 e. The molecular weight excluding hydrogens is 364 g/mol. The molecule has 0 radical (unpaired) electrons. The summed E-state index contributed by atoms with van der Waals surface area (Å²) in [7, 11) is -2.85. The molecule has 8 nitrogen and oxygen atoms in total. The summed E-state index contributed by atoms with van der Waals surface area (Å²) in [6.07, 6.45) is 4.27. The van der Waals surface area contributed by atoms with Gasteiger partial charge in [-0.2, -0.15) is 0 Å². The van der Waals surface area contributed by atoms with Crippen LogP contribution in [0.5, 0.6) is 0 Å². The van der Waals surface area contributed by atoms with Crippen molar-refractivity contribution in [3.63, 3.8) is 0 Å². The molecule has 0 amide bonds. The maximum Gasteiger partial charge on any atom is 0.225 e. The highest BCUT2D eigenvalue weighted by atomic mass is 32.2. The number of nitrogens with zero attached hydrogens (tertiary/aromatic N) is 5. The van der Waals surface area contributed by atoms with Crippen molar-refractivity contribution in [3.05, 3.63) is 18.5 Å². The Kier molecular flexibility index (Phi) is 6.51. The number of piperazine rings is 1. The predicted octanol–water partition coefficient (Wildman–Crippen LogP) is 0.635. The Balaban J connectivity index is 1.58. The summed E-state index contributed by atoms with van der Waals surface area (Å²) in [5.74, 6) is 2.92. The number of hydrogen-bond donors (Lipinski definition) is 1. The molecule has 3 rings (SSSR count). The summed E-state index contributed by atoms with van der Waals surface area (Å²) in [5, 5.41) is 3.44. The molecule has 9 heteroatoms. The van der Waals surface area contributed by atoms with E-state index in [1.807, 2.05) is 6.07 Å². The normalized spacial score (nSPS) is 23.1. The molecule has 3 heterocycles. The van der Waals surface area contributed by atoms with E-state index in [9.17, 15) is 8.42 Å². The van der Waals surface area contributed by atoms with Crippen LogP contribution in [0.15, 0.2) is 23.5 Å². The summed E-state index contributed by atoms with van der Waals surface area (Å²) in [6.45, 7) is 9.07. The summed E-state index contributed by atoms with van der Waals surface area (Å²) in [6, 6.07) is 1.82. The zero-order chi connectivity index (χ0) is 19.3. The van der Waals surface area contributed by atoms with Crippen LogP contribution in [-0.4, -0.2) is 80.0 Å². The lowest BCUT2D eigenvalue weighted by atomic mass is 10.1. The molecular formula is C18H30N6O2S. The van der Waals surface area contributed by atoms with E-state index in [4.69, 9.17) is 4.99 Å². The van der Waals surface area contributed by atoms with Crippen LogP contribution in [0.1, 0.15) is 20.3 Å². The first-order chi connectivity index (χ1) is 12.9. The van der Waals surface area contributed by atoms with Gasteiger partial charge in [0.05, 0.1) is 11.5 Å². The smallest absolute Gasteiger partial charge is 0.225 e. The van der Waals surface area contributed by atoms with Crippen molar-refractivity contribution in [2.45, 2.75) is 20.3 Å². The minimum absolute atomic E-state index is 0.179. The Morgan fingerprint density at radius 3 is 2.56 bits per heavy atom. The highest BCUT2D eigenvalue weighted by Crippen LogP contribution is 2.17. The second-order valence-electron chi connectivity index (χ2n) is 7.73. The van der Waals surface area contributed by atoms with Crippen LogP contribution in [0.25, 0.3) is 0 Å². The van der Waals surface area contributed by atoms with Crippen LogP contribution in [-0.2, 0) is 9.84 Å². The van der Waals surface area contributed by atoms with Gasteiger partial charge in [0.2, 0.25) is 5.95 Å². The highest BCUT2D eigenvalue weighted by molar-refractivity contribution is 7.91. The molecule has 0 bridgehead atoms. The second-order valence-corrected chi connectivity index (χ2v) is 9.96. The number of nitrogens with one attached hydrogen (secondary N) is 1. The number of guanidine groups is 1. The van der Waals surface area contributed by atoms with Gasteiger partial charge in [-0.25, -0.2) is 18.4 Å². The van der Waals surface area contributed by atoms with Crippen molar-refractivity contribution in [3.8, 4) is 0 Å². The largest absolute Gasteiger partial charge is 0.356 e. The quantitative estimate of drug-likeness (QED) is 0.579.